The molecule has 0 unspecified atom stereocenters. The van der Waals surface area contributed by atoms with Crippen molar-refractivity contribution in [3.8, 4) is 0 Å². The van der Waals surface area contributed by atoms with E-state index in [-0.39, 0.29) is 0 Å². The van der Waals surface area contributed by atoms with Crippen LogP contribution in [0.3, 0.4) is 0 Å². The molecule has 6 heavy (non-hydrogen) atoms. The number of hydrogen-bond acceptors (Lipinski definition) is 0. The van der Waals surface area contributed by atoms with Gasteiger partial charge in [-0.3, -0.25) is 0 Å². The Balaban J connectivity index is 2.94. The van der Waals surface area contributed by atoms with Crippen molar-refractivity contribution in [2.24, 2.45) is 0 Å². The molecule has 0 fully saturated rings. The summed E-state index contributed by atoms with van der Waals surface area (Å²) >= 11 is 0. The highest BCUT2D eigenvalue weighted by Crippen LogP contribution is 1.74. The molecule has 0 N–H and O–H groups in total. The molecule has 0 aliphatic carbocycles. The third kappa shape index (κ3) is 3.48. The van der Waals surface area contributed by atoms with Crippen LogP contribution in [0.25, 0.3) is 0 Å². The van der Waals surface area contributed by atoms with Crippen molar-refractivity contribution in [2.75, 3.05) is 0 Å². The number of allylic oxidation sites excluding steroid dienone is 3. The summed E-state index contributed by atoms with van der Waals surface area (Å²) in [5.41, 5.74) is 0. The van der Waals surface area contributed by atoms with Gasteiger partial charge in [-0.05, 0) is 12.5 Å². The van der Waals surface area contributed by atoms with Crippen LogP contribution in [0.1, 0.15) is 13.3 Å². The van der Waals surface area contributed by atoms with E-state index in [2.05, 4.69) is 6.08 Å². The average molecular weight is 80.1 g/mol. The molecule has 0 saturated carbocycles. The largest absolute Gasteiger partial charge is 0.0623 e. The van der Waals surface area contributed by atoms with E-state index in [1.54, 1.807) is 6.08 Å². The molecule has 0 aromatic carbocycles. The average Bonchev–Trinajstić information content (AvgIpc) is 1.61. The van der Waals surface area contributed by atoms with Crippen LogP contribution >= 0.6 is 0 Å². The van der Waals surface area contributed by atoms with Gasteiger partial charge in [0.2, 0.25) is 0 Å². The van der Waals surface area contributed by atoms with Crippen molar-refractivity contribution in [3.63, 3.8) is 0 Å². The van der Waals surface area contributed by atoms with E-state index >= 15 is 0 Å². The lowest BCUT2D eigenvalue weighted by molar-refractivity contribution is 1.19. The third-order valence-corrected chi connectivity index (χ3v) is 0.418. The second-order valence-corrected chi connectivity index (χ2v) is 0.917. The summed E-state index contributed by atoms with van der Waals surface area (Å²) in [6, 6.07) is 0. The van der Waals surface area contributed by atoms with Gasteiger partial charge in [-0.25, -0.2) is 0 Å². The maximum absolute atomic E-state index is 4.97. The summed E-state index contributed by atoms with van der Waals surface area (Å²) in [6.07, 6.45) is 7.01. The van der Waals surface area contributed by atoms with Crippen LogP contribution in [0.4, 0.5) is 0 Å². The predicted octanol–water partition coefficient (Wildman–Crippen LogP) is 1.74. The summed E-state index contributed by atoms with van der Waals surface area (Å²) < 4.78 is 0. The van der Waals surface area contributed by atoms with Crippen LogP contribution in [0, 0.1) is 12.7 Å². The van der Waals surface area contributed by atoms with Crippen LogP contribution in [0.15, 0.2) is 12.2 Å². The zero-order valence-electron chi connectivity index (χ0n) is 3.94. The third-order valence-electron chi connectivity index (χ3n) is 0.418. The van der Waals surface area contributed by atoms with E-state index in [1.807, 2.05) is 6.92 Å². The smallest absolute Gasteiger partial charge is 0.0305 e. The molecule has 0 amide bonds. The van der Waals surface area contributed by atoms with Gasteiger partial charge in [0.05, 0.1) is 0 Å². The van der Waals surface area contributed by atoms with Crippen molar-refractivity contribution in [1.82, 2.24) is 0 Å². The first-order valence-corrected chi connectivity index (χ1v) is 2.02. The van der Waals surface area contributed by atoms with E-state index in [1.165, 1.54) is 6.08 Å². The second kappa shape index (κ2) is 4.48. The minimum atomic E-state index is 0.938. The molecule has 0 atom stereocenters. The summed E-state index contributed by atoms with van der Waals surface area (Å²) in [5, 5.41) is 0. The molecule has 0 aliphatic heterocycles. The number of rotatable bonds is 2. The summed E-state index contributed by atoms with van der Waals surface area (Å²) in [5.74, 6) is 0. The molecular weight excluding hydrogens is 72.1 g/mol. The van der Waals surface area contributed by atoms with E-state index in [0.29, 0.717) is 0 Å². The highest BCUT2D eigenvalue weighted by Gasteiger charge is 1.56. The first-order chi connectivity index (χ1) is 2.91. The van der Waals surface area contributed by atoms with Gasteiger partial charge >= 0.3 is 0 Å². The zero-order chi connectivity index (χ0) is 4.83. The molecule has 0 nitrogen and oxygen atoms in total. The lowest BCUT2D eigenvalue weighted by Crippen LogP contribution is -1.48. The van der Waals surface area contributed by atoms with Crippen LogP contribution in [-0.4, -0.2) is 0 Å². The Morgan fingerprint density at radius 3 is 2.67 bits per heavy atom. The molecule has 2 radical (unpaired) electrons. The maximum Gasteiger partial charge on any atom is -0.0305 e. The molecule has 0 bridgehead atoms. The van der Waals surface area contributed by atoms with E-state index in [0.717, 1.165) is 6.42 Å². The van der Waals surface area contributed by atoms with Gasteiger partial charge in [-0.15, -0.1) is 0 Å². The molecule has 0 aromatic heterocycles. The minimum Gasteiger partial charge on any atom is -0.0623 e. The van der Waals surface area contributed by atoms with Crippen molar-refractivity contribution in [3.05, 3.63) is 24.8 Å². The van der Waals surface area contributed by atoms with Gasteiger partial charge in [0.15, 0.2) is 0 Å². The van der Waals surface area contributed by atoms with Crippen LogP contribution in [0.5, 0.6) is 0 Å². The maximum atomic E-state index is 4.97. The van der Waals surface area contributed by atoms with Gasteiger partial charge < -0.3 is 0 Å². The molecule has 0 aromatic rings. The van der Waals surface area contributed by atoms with Gasteiger partial charge in [-0.2, -0.15) is 0 Å². The fourth-order valence-corrected chi connectivity index (χ4v) is 0.186. The molecule has 0 aliphatic rings. The van der Waals surface area contributed by atoms with E-state index < -0.39 is 0 Å². The lowest BCUT2D eigenvalue weighted by atomic mass is 10.4. The molecule has 0 heteroatoms. The fraction of sp³-hybridized carbons (Fsp3) is 0.333. The molecule has 0 saturated heterocycles. The van der Waals surface area contributed by atoms with Crippen molar-refractivity contribution >= 4 is 0 Å². The van der Waals surface area contributed by atoms with Crippen molar-refractivity contribution in [2.45, 2.75) is 13.3 Å². The normalized spacial score (nSPS) is 9.50. The quantitative estimate of drug-likeness (QED) is 0.443. The highest BCUT2D eigenvalue weighted by atomic mass is 13.6. The Bertz CT molecular complexity index is 51.1. The number of hydrogen-bond donors (Lipinski definition) is 0. The predicted molar refractivity (Wildman–Crippen MR) is 27.0 cm³/mol. The molecule has 32 valence electrons. The van der Waals surface area contributed by atoms with Crippen LogP contribution < -0.4 is 0 Å². The van der Waals surface area contributed by atoms with Gasteiger partial charge in [0.1, 0.15) is 0 Å². The summed E-state index contributed by atoms with van der Waals surface area (Å²) in [6.45, 7) is 6.99. The molecular formula is C6H8. The first kappa shape index (κ1) is 5.48. The summed E-state index contributed by atoms with van der Waals surface area (Å²) in [7, 11) is 0. The second-order valence-electron chi connectivity index (χ2n) is 0.917. The Hall–Kier alpha value is -0.520. The minimum absolute atomic E-state index is 0.938. The Morgan fingerprint density at radius 2 is 2.50 bits per heavy atom. The Labute approximate surface area is 39.2 Å². The molecule has 0 heterocycles. The van der Waals surface area contributed by atoms with Crippen molar-refractivity contribution < 1.29 is 0 Å². The van der Waals surface area contributed by atoms with Crippen LogP contribution in [-0.2, 0) is 0 Å². The van der Waals surface area contributed by atoms with E-state index in [4.69, 9.17) is 6.58 Å². The Kier molecular flexibility index (Phi) is 4.09. The first-order valence-electron chi connectivity index (χ1n) is 2.02. The Morgan fingerprint density at radius 1 is 1.83 bits per heavy atom. The fourth-order valence-electron chi connectivity index (χ4n) is 0.186. The monoisotopic (exact) mass is 80.1 g/mol. The van der Waals surface area contributed by atoms with Gasteiger partial charge in [0.25, 0.3) is 0 Å². The lowest BCUT2D eigenvalue weighted by Gasteiger charge is -1.66. The van der Waals surface area contributed by atoms with E-state index in [9.17, 15) is 0 Å². The SMILES string of the molecule is [CH]=C/C=[C]\CC. The molecule has 0 rings (SSSR count). The van der Waals surface area contributed by atoms with Crippen LogP contribution in [0.2, 0.25) is 0 Å². The zero-order valence-corrected chi connectivity index (χ0v) is 3.94. The standard InChI is InChI=1S/C6H8/c1-3-5-6-4-2/h1,3,5H,4H2,2H3. The highest BCUT2D eigenvalue weighted by molar-refractivity contribution is 4.89. The summed E-state index contributed by atoms with van der Waals surface area (Å²) in [4.78, 5) is 0. The topological polar surface area (TPSA) is 0 Å². The molecule has 0 spiro atoms. The van der Waals surface area contributed by atoms with Crippen molar-refractivity contribution in [1.29, 1.82) is 0 Å². The van der Waals surface area contributed by atoms with Gasteiger partial charge in [-0.1, -0.05) is 25.7 Å². The van der Waals surface area contributed by atoms with Gasteiger partial charge in [0, 0.05) is 0 Å².